The summed E-state index contributed by atoms with van der Waals surface area (Å²) < 4.78 is 5.91. The lowest BCUT2D eigenvalue weighted by Gasteiger charge is -2.14. The van der Waals surface area contributed by atoms with Crippen LogP contribution in [0.2, 0.25) is 0 Å². The standard InChI is InChI=1S/C17H23N3O/c1-12(2)17-19-11-16(15(20-17)10-18-13(3)4)21-14-8-6-5-7-9-14/h5-9,11-13,18H,10H2,1-4H3. The molecular formula is C17H23N3O. The van der Waals surface area contributed by atoms with Crippen molar-refractivity contribution in [3.8, 4) is 11.5 Å². The van der Waals surface area contributed by atoms with Crippen molar-refractivity contribution in [2.45, 2.75) is 46.2 Å². The van der Waals surface area contributed by atoms with Gasteiger partial charge in [-0.25, -0.2) is 9.97 Å². The van der Waals surface area contributed by atoms with Gasteiger partial charge in [0.1, 0.15) is 17.3 Å². The van der Waals surface area contributed by atoms with Crippen LogP contribution in [0.15, 0.2) is 36.5 Å². The van der Waals surface area contributed by atoms with Gasteiger partial charge in [0.05, 0.1) is 6.20 Å². The summed E-state index contributed by atoms with van der Waals surface area (Å²) in [7, 11) is 0. The minimum absolute atomic E-state index is 0.300. The van der Waals surface area contributed by atoms with Crippen molar-refractivity contribution in [3.63, 3.8) is 0 Å². The second-order valence-corrected chi connectivity index (χ2v) is 5.64. The lowest BCUT2D eigenvalue weighted by atomic mass is 10.2. The van der Waals surface area contributed by atoms with Crippen molar-refractivity contribution in [1.29, 1.82) is 0 Å². The molecule has 2 aromatic rings. The molecule has 0 bridgehead atoms. The minimum Gasteiger partial charge on any atom is -0.454 e. The number of benzene rings is 1. The number of para-hydroxylation sites is 1. The van der Waals surface area contributed by atoms with E-state index in [0.29, 0.717) is 24.3 Å². The fourth-order valence-corrected chi connectivity index (χ4v) is 1.83. The van der Waals surface area contributed by atoms with E-state index in [1.165, 1.54) is 0 Å². The lowest BCUT2D eigenvalue weighted by molar-refractivity contribution is 0.458. The van der Waals surface area contributed by atoms with Crippen molar-refractivity contribution in [2.75, 3.05) is 0 Å². The fourth-order valence-electron chi connectivity index (χ4n) is 1.83. The van der Waals surface area contributed by atoms with Gasteiger partial charge in [-0.3, -0.25) is 0 Å². The highest BCUT2D eigenvalue weighted by molar-refractivity contribution is 5.32. The highest BCUT2D eigenvalue weighted by Crippen LogP contribution is 2.24. The van der Waals surface area contributed by atoms with Gasteiger partial charge in [0, 0.05) is 18.5 Å². The quantitative estimate of drug-likeness (QED) is 0.874. The van der Waals surface area contributed by atoms with Gasteiger partial charge in [0.15, 0.2) is 5.75 Å². The molecular weight excluding hydrogens is 262 g/mol. The van der Waals surface area contributed by atoms with E-state index < -0.39 is 0 Å². The monoisotopic (exact) mass is 285 g/mol. The molecule has 21 heavy (non-hydrogen) atoms. The average molecular weight is 285 g/mol. The number of hydrogen-bond acceptors (Lipinski definition) is 4. The summed E-state index contributed by atoms with van der Waals surface area (Å²) in [5.41, 5.74) is 0.895. The van der Waals surface area contributed by atoms with E-state index in [9.17, 15) is 0 Å². The van der Waals surface area contributed by atoms with Gasteiger partial charge >= 0.3 is 0 Å². The van der Waals surface area contributed by atoms with Crippen LogP contribution in [0.5, 0.6) is 11.5 Å². The number of nitrogens with one attached hydrogen (secondary N) is 1. The maximum Gasteiger partial charge on any atom is 0.168 e. The second kappa shape index (κ2) is 7.18. The Hall–Kier alpha value is -1.94. The van der Waals surface area contributed by atoms with Crippen molar-refractivity contribution < 1.29 is 4.74 Å². The van der Waals surface area contributed by atoms with Gasteiger partial charge in [-0.2, -0.15) is 0 Å². The molecule has 0 spiro atoms. The van der Waals surface area contributed by atoms with Gasteiger partial charge < -0.3 is 10.1 Å². The Bertz CT molecular complexity index is 568. The van der Waals surface area contributed by atoms with Crippen LogP contribution < -0.4 is 10.1 Å². The third-order valence-electron chi connectivity index (χ3n) is 3.01. The smallest absolute Gasteiger partial charge is 0.168 e. The molecule has 4 heteroatoms. The van der Waals surface area contributed by atoms with E-state index in [4.69, 9.17) is 4.74 Å². The minimum atomic E-state index is 0.300. The number of rotatable bonds is 6. The van der Waals surface area contributed by atoms with Crippen LogP contribution in [0.3, 0.4) is 0 Å². The molecule has 0 fully saturated rings. The molecule has 0 unspecified atom stereocenters. The topological polar surface area (TPSA) is 47.0 Å². The van der Waals surface area contributed by atoms with E-state index in [1.54, 1.807) is 6.20 Å². The first-order valence-corrected chi connectivity index (χ1v) is 7.38. The maximum atomic E-state index is 5.91. The fraction of sp³-hybridized carbons (Fsp3) is 0.412. The Morgan fingerprint density at radius 2 is 1.81 bits per heavy atom. The molecule has 1 heterocycles. The third kappa shape index (κ3) is 4.53. The zero-order valence-electron chi connectivity index (χ0n) is 13.1. The molecule has 0 radical (unpaired) electrons. The predicted molar refractivity (Wildman–Crippen MR) is 84.6 cm³/mol. The predicted octanol–water partition coefficient (Wildman–Crippen LogP) is 3.89. The highest BCUT2D eigenvalue weighted by Gasteiger charge is 2.12. The molecule has 112 valence electrons. The van der Waals surface area contributed by atoms with Crippen LogP contribution in [0, 0.1) is 0 Å². The average Bonchev–Trinajstić information content (AvgIpc) is 2.47. The molecule has 0 aliphatic rings. The number of ether oxygens (including phenoxy) is 1. The molecule has 0 aliphatic carbocycles. The summed E-state index contributed by atoms with van der Waals surface area (Å²) >= 11 is 0. The van der Waals surface area contributed by atoms with E-state index in [-0.39, 0.29) is 0 Å². The SMILES string of the molecule is CC(C)NCc1nc(C(C)C)ncc1Oc1ccccc1. The number of aromatic nitrogens is 2. The van der Waals surface area contributed by atoms with Crippen LogP contribution in [0.4, 0.5) is 0 Å². The first kappa shape index (κ1) is 15.4. The Balaban J connectivity index is 2.25. The van der Waals surface area contributed by atoms with Crippen molar-refractivity contribution in [2.24, 2.45) is 0 Å². The Kier molecular flexibility index (Phi) is 5.28. The van der Waals surface area contributed by atoms with E-state index in [0.717, 1.165) is 17.3 Å². The summed E-state index contributed by atoms with van der Waals surface area (Å²) in [6.45, 7) is 9.08. The maximum absolute atomic E-state index is 5.91. The summed E-state index contributed by atoms with van der Waals surface area (Å²) in [6, 6.07) is 10.1. The van der Waals surface area contributed by atoms with E-state index >= 15 is 0 Å². The molecule has 4 nitrogen and oxygen atoms in total. The van der Waals surface area contributed by atoms with E-state index in [2.05, 4.69) is 43.0 Å². The third-order valence-corrected chi connectivity index (χ3v) is 3.01. The zero-order chi connectivity index (χ0) is 15.2. The Labute approximate surface area is 126 Å². The Morgan fingerprint density at radius 3 is 2.43 bits per heavy atom. The molecule has 1 N–H and O–H groups in total. The van der Waals surface area contributed by atoms with Gasteiger partial charge in [0.25, 0.3) is 0 Å². The molecule has 1 aromatic heterocycles. The molecule has 0 aliphatic heterocycles. The van der Waals surface area contributed by atoms with Crippen LogP contribution >= 0.6 is 0 Å². The van der Waals surface area contributed by atoms with Crippen molar-refractivity contribution in [1.82, 2.24) is 15.3 Å². The molecule has 0 atom stereocenters. The van der Waals surface area contributed by atoms with Gasteiger partial charge in [-0.1, -0.05) is 45.9 Å². The largest absolute Gasteiger partial charge is 0.454 e. The van der Waals surface area contributed by atoms with Gasteiger partial charge in [-0.05, 0) is 12.1 Å². The zero-order valence-corrected chi connectivity index (χ0v) is 13.1. The number of hydrogen-bond donors (Lipinski definition) is 1. The van der Waals surface area contributed by atoms with Crippen LogP contribution in [-0.4, -0.2) is 16.0 Å². The molecule has 0 saturated carbocycles. The highest BCUT2D eigenvalue weighted by atomic mass is 16.5. The first-order valence-electron chi connectivity index (χ1n) is 7.38. The normalized spacial score (nSPS) is 11.1. The summed E-state index contributed by atoms with van der Waals surface area (Å²) in [6.07, 6.45) is 1.77. The van der Waals surface area contributed by atoms with Crippen LogP contribution in [0.1, 0.15) is 45.1 Å². The first-order chi connectivity index (χ1) is 10.1. The molecule has 0 saturated heterocycles. The second-order valence-electron chi connectivity index (χ2n) is 5.64. The van der Waals surface area contributed by atoms with Gasteiger partial charge in [-0.15, -0.1) is 0 Å². The molecule has 1 aromatic carbocycles. The van der Waals surface area contributed by atoms with Gasteiger partial charge in [0.2, 0.25) is 0 Å². The Morgan fingerprint density at radius 1 is 1.10 bits per heavy atom. The summed E-state index contributed by atoms with van der Waals surface area (Å²) in [5.74, 6) is 2.65. The van der Waals surface area contributed by atoms with Crippen LogP contribution in [-0.2, 0) is 6.54 Å². The van der Waals surface area contributed by atoms with Crippen molar-refractivity contribution in [3.05, 3.63) is 48.0 Å². The molecule has 2 rings (SSSR count). The lowest BCUT2D eigenvalue weighted by Crippen LogP contribution is -2.23. The summed E-state index contributed by atoms with van der Waals surface area (Å²) in [4.78, 5) is 9.04. The van der Waals surface area contributed by atoms with Crippen molar-refractivity contribution >= 4 is 0 Å². The number of nitrogens with zero attached hydrogens (tertiary/aromatic N) is 2. The van der Waals surface area contributed by atoms with Crippen LogP contribution in [0.25, 0.3) is 0 Å². The van der Waals surface area contributed by atoms with E-state index in [1.807, 2.05) is 30.3 Å². The molecule has 0 amide bonds. The summed E-state index contributed by atoms with van der Waals surface area (Å²) in [5, 5.41) is 3.38.